The Morgan fingerprint density at radius 3 is 3.00 bits per heavy atom. The lowest BCUT2D eigenvalue weighted by atomic mass is 10.2. The molecule has 0 aromatic heterocycles. The zero-order valence-electron chi connectivity index (χ0n) is 12.6. The molecule has 1 aliphatic heterocycles. The molecule has 0 bridgehead atoms. The summed E-state index contributed by atoms with van der Waals surface area (Å²) in [6.07, 6.45) is 2.13. The summed E-state index contributed by atoms with van der Waals surface area (Å²) in [5.74, 6) is 0.712. The summed E-state index contributed by atoms with van der Waals surface area (Å²) < 4.78 is 16.3. The summed E-state index contributed by atoms with van der Waals surface area (Å²) in [6.45, 7) is 3.47. The van der Waals surface area contributed by atoms with Crippen LogP contribution >= 0.6 is 0 Å². The molecule has 118 valence electrons. The van der Waals surface area contributed by atoms with Gasteiger partial charge in [0.2, 0.25) is 0 Å². The highest BCUT2D eigenvalue weighted by atomic mass is 16.5. The van der Waals surface area contributed by atoms with Crippen LogP contribution in [0, 0.1) is 11.3 Å². The van der Waals surface area contributed by atoms with Gasteiger partial charge in [0.25, 0.3) is 5.91 Å². The normalized spacial score (nSPS) is 16.8. The van der Waals surface area contributed by atoms with E-state index >= 15 is 0 Å². The van der Waals surface area contributed by atoms with Gasteiger partial charge in [0, 0.05) is 19.2 Å². The molecule has 1 atom stereocenters. The van der Waals surface area contributed by atoms with Crippen molar-refractivity contribution in [3.63, 3.8) is 0 Å². The monoisotopic (exact) mass is 304 g/mol. The van der Waals surface area contributed by atoms with Gasteiger partial charge in [0.15, 0.2) is 18.1 Å². The topological polar surface area (TPSA) is 80.6 Å². The van der Waals surface area contributed by atoms with Gasteiger partial charge in [-0.3, -0.25) is 4.79 Å². The Morgan fingerprint density at radius 2 is 2.32 bits per heavy atom. The van der Waals surface area contributed by atoms with Crippen molar-refractivity contribution in [3.05, 3.63) is 23.8 Å². The number of amides is 1. The molecule has 1 saturated heterocycles. The molecule has 6 heteroatoms. The van der Waals surface area contributed by atoms with Crippen molar-refractivity contribution < 1.29 is 19.0 Å². The van der Waals surface area contributed by atoms with Crippen molar-refractivity contribution >= 4 is 5.91 Å². The lowest BCUT2D eigenvalue weighted by Crippen LogP contribution is -2.35. The number of nitrogens with zero attached hydrogens (tertiary/aromatic N) is 1. The quantitative estimate of drug-likeness (QED) is 0.828. The van der Waals surface area contributed by atoms with E-state index in [-0.39, 0.29) is 18.6 Å². The van der Waals surface area contributed by atoms with E-state index in [1.54, 1.807) is 18.2 Å². The minimum absolute atomic E-state index is 0.0985. The number of hydrogen-bond acceptors (Lipinski definition) is 5. The minimum Gasteiger partial charge on any atom is -0.490 e. The van der Waals surface area contributed by atoms with Gasteiger partial charge in [-0.05, 0) is 31.9 Å². The van der Waals surface area contributed by atoms with Gasteiger partial charge in [-0.15, -0.1) is 0 Å². The van der Waals surface area contributed by atoms with Gasteiger partial charge in [-0.25, -0.2) is 0 Å². The van der Waals surface area contributed by atoms with Crippen LogP contribution in [0.15, 0.2) is 18.2 Å². The highest BCUT2D eigenvalue weighted by Crippen LogP contribution is 2.28. The smallest absolute Gasteiger partial charge is 0.258 e. The van der Waals surface area contributed by atoms with E-state index in [1.807, 2.05) is 13.0 Å². The Kier molecular flexibility index (Phi) is 6.04. The average Bonchev–Trinajstić information content (AvgIpc) is 3.05. The van der Waals surface area contributed by atoms with Gasteiger partial charge in [-0.2, -0.15) is 5.26 Å². The molecule has 22 heavy (non-hydrogen) atoms. The molecule has 1 heterocycles. The Balaban J connectivity index is 1.84. The maximum atomic E-state index is 11.8. The first-order valence-electron chi connectivity index (χ1n) is 7.41. The molecule has 1 aromatic carbocycles. The van der Waals surface area contributed by atoms with E-state index in [2.05, 4.69) is 5.32 Å². The van der Waals surface area contributed by atoms with E-state index in [9.17, 15) is 4.79 Å². The van der Waals surface area contributed by atoms with Crippen molar-refractivity contribution in [2.75, 3.05) is 26.4 Å². The largest absolute Gasteiger partial charge is 0.490 e. The number of ether oxygens (including phenoxy) is 3. The number of rotatable bonds is 7. The van der Waals surface area contributed by atoms with Crippen LogP contribution in [0.4, 0.5) is 0 Å². The second-order valence-electron chi connectivity index (χ2n) is 4.93. The van der Waals surface area contributed by atoms with E-state index < -0.39 is 0 Å². The molecule has 1 aliphatic rings. The third kappa shape index (κ3) is 4.64. The van der Waals surface area contributed by atoms with Gasteiger partial charge >= 0.3 is 0 Å². The Morgan fingerprint density at radius 1 is 1.45 bits per heavy atom. The van der Waals surface area contributed by atoms with E-state index in [0.29, 0.717) is 30.2 Å². The molecule has 1 fully saturated rings. The molecule has 2 rings (SSSR count). The van der Waals surface area contributed by atoms with E-state index in [4.69, 9.17) is 19.5 Å². The van der Waals surface area contributed by atoms with Crippen molar-refractivity contribution in [3.8, 4) is 17.6 Å². The van der Waals surface area contributed by atoms with Crippen molar-refractivity contribution in [1.82, 2.24) is 5.32 Å². The predicted molar refractivity (Wildman–Crippen MR) is 79.8 cm³/mol. The van der Waals surface area contributed by atoms with Gasteiger partial charge < -0.3 is 19.5 Å². The third-order valence-electron chi connectivity index (χ3n) is 3.28. The molecule has 6 nitrogen and oxygen atoms in total. The summed E-state index contributed by atoms with van der Waals surface area (Å²) in [4.78, 5) is 11.8. The standard InChI is InChI=1S/C16H20N2O4/c1-2-20-15-8-12(9-17)5-6-14(15)22-11-16(19)18-10-13-4-3-7-21-13/h5-6,8,13H,2-4,7,10-11H2,1H3,(H,18,19)/t13-/m1/s1. The molecule has 1 amide bonds. The van der Waals surface area contributed by atoms with Crippen LogP contribution in [0.25, 0.3) is 0 Å². The molecule has 0 radical (unpaired) electrons. The summed E-state index contributed by atoms with van der Waals surface area (Å²) >= 11 is 0. The Labute approximate surface area is 130 Å². The molecule has 0 saturated carbocycles. The molecule has 1 N–H and O–H groups in total. The highest BCUT2D eigenvalue weighted by Gasteiger charge is 2.16. The zero-order chi connectivity index (χ0) is 15.8. The lowest BCUT2D eigenvalue weighted by molar-refractivity contribution is -0.123. The maximum Gasteiger partial charge on any atom is 0.258 e. The Bertz CT molecular complexity index is 548. The van der Waals surface area contributed by atoms with Crippen LogP contribution in [-0.2, 0) is 9.53 Å². The fourth-order valence-corrected chi connectivity index (χ4v) is 2.19. The summed E-state index contributed by atoms with van der Waals surface area (Å²) in [5, 5.41) is 11.7. The van der Waals surface area contributed by atoms with Gasteiger partial charge in [0.05, 0.1) is 24.3 Å². The second kappa shape index (κ2) is 8.25. The zero-order valence-corrected chi connectivity index (χ0v) is 12.6. The maximum absolute atomic E-state index is 11.8. The minimum atomic E-state index is -0.206. The number of carbonyl (C=O) groups is 1. The van der Waals surface area contributed by atoms with Crippen LogP contribution in [0.1, 0.15) is 25.3 Å². The van der Waals surface area contributed by atoms with Crippen molar-refractivity contribution in [2.24, 2.45) is 0 Å². The summed E-state index contributed by atoms with van der Waals surface area (Å²) in [5.41, 5.74) is 0.485. The first-order chi connectivity index (χ1) is 10.7. The average molecular weight is 304 g/mol. The predicted octanol–water partition coefficient (Wildman–Crippen LogP) is 1.63. The number of hydrogen-bond donors (Lipinski definition) is 1. The van der Waals surface area contributed by atoms with Crippen LogP contribution in [0.5, 0.6) is 11.5 Å². The number of carbonyl (C=O) groups excluding carboxylic acids is 1. The number of benzene rings is 1. The van der Waals surface area contributed by atoms with Crippen LogP contribution in [-0.4, -0.2) is 38.4 Å². The molecule has 0 aliphatic carbocycles. The van der Waals surface area contributed by atoms with Crippen LogP contribution in [0.3, 0.4) is 0 Å². The van der Waals surface area contributed by atoms with E-state index in [1.165, 1.54) is 0 Å². The van der Waals surface area contributed by atoms with Crippen LogP contribution < -0.4 is 14.8 Å². The third-order valence-corrected chi connectivity index (χ3v) is 3.28. The second-order valence-corrected chi connectivity index (χ2v) is 4.93. The molecular formula is C16H20N2O4. The molecule has 0 spiro atoms. The van der Waals surface area contributed by atoms with E-state index in [0.717, 1.165) is 19.4 Å². The molecule has 0 unspecified atom stereocenters. The first kappa shape index (κ1) is 16.1. The van der Waals surface area contributed by atoms with Crippen molar-refractivity contribution in [2.45, 2.75) is 25.9 Å². The summed E-state index contributed by atoms with van der Waals surface area (Å²) in [7, 11) is 0. The fraction of sp³-hybridized carbons (Fsp3) is 0.500. The van der Waals surface area contributed by atoms with Crippen LogP contribution in [0.2, 0.25) is 0 Å². The molecule has 1 aromatic rings. The lowest BCUT2D eigenvalue weighted by Gasteiger charge is -2.13. The highest BCUT2D eigenvalue weighted by molar-refractivity contribution is 5.77. The number of nitrogens with one attached hydrogen (secondary N) is 1. The van der Waals surface area contributed by atoms with Gasteiger partial charge in [-0.1, -0.05) is 0 Å². The SMILES string of the molecule is CCOc1cc(C#N)ccc1OCC(=O)NC[C@H]1CCCO1. The fourth-order valence-electron chi connectivity index (χ4n) is 2.19. The first-order valence-corrected chi connectivity index (χ1v) is 7.41. The Hall–Kier alpha value is -2.26. The molecular weight excluding hydrogens is 284 g/mol. The van der Waals surface area contributed by atoms with Crippen molar-refractivity contribution in [1.29, 1.82) is 5.26 Å². The van der Waals surface area contributed by atoms with Gasteiger partial charge in [0.1, 0.15) is 0 Å². The summed E-state index contributed by atoms with van der Waals surface area (Å²) in [6, 6.07) is 6.90. The number of nitriles is 1.